The van der Waals surface area contributed by atoms with Crippen LogP contribution in [0.25, 0.3) is 10.9 Å². The second-order valence-corrected chi connectivity index (χ2v) is 5.11. The monoisotopic (exact) mass is 268 g/mol. The van der Waals surface area contributed by atoms with Gasteiger partial charge >= 0.3 is 6.09 Å². The third kappa shape index (κ3) is 2.83. The van der Waals surface area contributed by atoms with Gasteiger partial charge in [0.05, 0.1) is 16.6 Å². The minimum absolute atomic E-state index is 0.00846. The van der Waals surface area contributed by atoms with Crippen LogP contribution in [0.15, 0.2) is 18.3 Å². The van der Waals surface area contributed by atoms with Crippen LogP contribution in [-0.2, 0) is 4.74 Å². The zero-order valence-electron chi connectivity index (χ0n) is 10.8. The van der Waals surface area contributed by atoms with E-state index in [1.165, 1.54) is 12.3 Å². The van der Waals surface area contributed by atoms with Gasteiger partial charge in [-0.25, -0.2) is 13.6 Å². The van der Waals surface area contributed by atoms with Gasteiger partial charge in [-0.2, -0.15) is 0 Å². The molecule has 0 fully saturated rings. The van der Waals surface area contributed by atoms with E-state index < -0.39 is 23.3 Å². The van der Waals surface area contributed by atoms with Crippen LogP contribution < -0.4 is 5.32 Å². The van der Waals surface area contributed by atoms with E-state index in [4.69, 9.17) is 4.74 Å². The predicted octanol–water partition coefficient (Wildman–Crippen LogP) is 3.79. The zero-order chi connectivity index (χ0) is 14.2. The van der Waals surface area contributed by atoms with Crippen molar-refractivity contribution in [1.82, 2.24) is 4.98 Å². The summed E-state index contributed by atoms with van der Waals surface area (Å²) in [5.41, 5.74) is -0.133. The highest BCUT2D eigenvalue weighted by molar-refractivity contribution is 5.99. The molecule has 19 heavy (non-hydrogen) atoms. The number of H-pyrrole nitrogens is 1. The van der Waals surface area contributed by atoms with Crippen molar-refractivity contribution in [2.75, 3.05) is 5.32 Å². The van der Waals surface area contributed by atoms with Gasteiger partial charge in [0.15, 0.2) is 11.6 Å². The molecular weight excluding hydrogens is 254 g/mol. The molecule has 0 atom stereocenters. The molecule has 0 aliphatic rings. The van der Waals surface area contributed by atoms with E-state index in [2.05, 4.69) is 10.3 Å². The Hall–Kier alpha value is -2.11. The summed E-state index contributed by atoms with van der Waals surface area (Å²) in [5.74, 6) is -1.98. The molecule has 0 aliphatic carbocycles. The summed E-state index contributed by atoms with van der Waals surface area (Å²) in [4.78, 5) is 14.4. The molecule has 0 radical (unpaired) electrons. The number of aromatic nitrogens is 1. The molecule has 102 valence electrons. The SMILES string of the molecule is CC(C)(C)OC(=O)Nc1c[nH]c2ccc(F)c(F)c12. The number of anilines is 1. The molecular formula is C13H14F2N2O2. The molecule has 1 amide bonds. The van der Waals surface area contributed by atoms with Crippen LogP contribution >= 0.6 is 0 Å². The highest BCUT2D eigenvalue weighted by atomic mass is 19.2. The zero-order valence-corrected chi connectivity index (χ0v) is 10.8. The van der Waals surface area contributed by atoms with E-state index >= 15 is 0 Å². The summed E-state index contributed by atoms with van der Waals surface area (Å²) in [6.45, 7) is 5.13. The summed E-state index contributed by atoms with van der Waals surface area (Å²) >= 11 is 0. The number of rotatable bonds is 1. The fraction of sp³-hybridized carbons (Fsp3) is 0.308. The van der Waals surface area contributed by atoms with E-state index in [0.29, 0.717) is 5.52 Å². The van der Waals surface area contributed by atoms with Crippen LogP contribution in [0.4, 0.5) is 19.3 Å². The molecule has 0 saturated heterocycles. The van der Waals surface area contributed by atoms with Gasteiger partial charge in [0.2, 0.25) is 0 Å². The topological polar surface area (TPSA) is 54.1 Å². The van der Waals surface area contributed by atoms with Crippen LogP contribution in [0, 0.1) is 11.6 Å². The first-order valence-corrected chi connectivity index (χ1v) is 5.73. The van der Waals surface area contributed by atoms with Crippen LogP contribution in [0.5, 0.6) is 0 Å². The van der Waals surface area contributed by atoms with Crippen molar-refractivity contribution in [2.45, 2.75) is 26.4 Å². The normalized spacial score (nSPS) is 11.6. The van der Waals surface area contributed by atoms with Gasteiger partial charge in [-0.3, -0.25) is 5.32 Å². The molecule has 6 heteroatoms. The summed E-state index contributed by atoms with van der Waals surface area (Å²) in [7, 11) is 0. The van der Waals surface area contributed by atoms with Crippen LogP contribution in [0.3, 0.4) is 0 Å². The van der Waals surface area contributed by atoms with E-state index in [0.717, 1.165) is 6.07 Å². The lowest BCUT2D eigenvalue weighted by molar-refractivity contribution is 0.0636. The molecule has 1 aromatic carbocycles. The van der Waals surface area contributed by atoms with E-state index in [1.807, 2.05) is 0 Å². The lowest BCUT2D eigenvalue weighted by Crippen LogP contribution is -2.27. The molecule has 1 aromatic heterocycles. The van der Waals surface area contributed by atoms with Crippen LogP contribution in [0.1, 0.15) is 20.8 Å². The van der Waals surface area contributed by atoms with Gasteiger partial charge in [0, 0.05) is 6.20 Å². The van der Waals surface area contributed by atoms with Crippen LogP contribution in [-0.4, -0.2) is 16.7 Å². The Balaban J connectivity index is 2.31. The Bertz CT molecular complexity index is 629. The van der Waals surface area contributed by atoms with Crippen LogP contribution in [0.2, 0.25) is 0 Å². The van der Waals surface area contributed by atoms with Crippen molar-refractivity contribution in [3.63, 3.8) is 0 Å². The van der Waals surface area contributed by atoms with Crippen molar-refractivity contribution in [2.24, 2.45) is 0 Å². The third-order valence-electron chi connectivity index (χ3n) is 2.37. The number of amides is 1. The number of hydrogen-bond acceptors (Lipinski definition) is 2. The van der Waals surface area contributed by atoms with Gasteiger partial charge in [-0.1, -0.05) is 0 Å². The van der Waals surface area contributed by atoms with Gasteiger partial charge in [0.25, 0.3) is 0 Å². The Labute approximate surface area is 108 Å². The predicted molar refractivity (Wildman–Crippen MR) is 68.1 cm³/mol. The molecule has 2 aromatic rings. The first-order chi connectivity index (χ1) is 8.78. The van der Waals surface area contributed by atoms with Crippen molar-refractivity contribution in [3.05, 3.63) is 30.0 Å². The highest BCUT2D eigenvalue weighted by Crippen LogP contribution is 2.27. The maximum atomic E-state index is 13.7. The number of fused-ring (bicyclic) bond motifs is 1. The molecule has 2 N–H and O–H groups in total. The number of carbonyl (C=O) groups excluding carboxylic acids is 1. The molecule has 0 spiro atoms. The summed E-state index contributed by atoms with van der Waals surface area (Å²) in [6, 6.07) is 2.42. The van der Waals surface area contributed by atoms with Gasteiger partial charge in [0.1, 0.15) is 5.60 Å². The summed E-state index contributed by atoms with van der Waals surface area (Å²) < 4.78 is 31.9. The number of benzene rings is 1. The summed E-state index contributed by atoms with van der Waals surface area (Å²) in [5, 5.41) is 2.38. The van der Waals surface area contributed by atoms with E-state index in [1.54, 1.807) is 20.8 Å². The largest absolute Gasteiger partial charge is 0.444 e. The second-order valence-electron chi connectivity index (χ2n) is 5.11. The van der Waals surface area contributed by atoms with Gasteiger partial charge < -0.3 is 9.72 Å². The lowest BCUT2D eigenvalue weighted by atomic mass is 10.2. The molecule has 0 bridgehead atoms. The minimum Gasteiger partial charge on any atom is -0.444 e. The maximum absolute atomic E-state index is 13.7. The van der Waals surface area contributed by atoms with E-state index in [9.17, 15) is 13.6 Å². The van der Waals surface area contributed by atoms with Crippen molar-refractivity contribution < 1.29 is 18.3 Å². The molecule has 0 saturated carbocycles. The Morgan fingerprint density at radius 2 is 2.00 bits per heavy atom. The van der Waals surface area contributed by atoms with Gasteiger partial charge in [-0.05, 0) is 32.9 Å². The Morgan fingerprint density at radius 3 is 2.63 bits per heavy atom. The molecule has 0 aliphatic heterocycles. The molecule has 4 nitrogen and oxygen atoms in total. The highest BCUT2D eigenvalue weighted by Gasteiger charge is 2.19. The smallest absolute Gasteiger partial charge is 0.412 e. The Morgan fingerprint density at radius 1 is 1.32 bits per heavy atom. The molecule has 0 unspecified atom stereocenters. The van der Waals surface area contributed by atoms with E-state index in [-0.39, 0.29) is 11.1 Å². The standard InChI is InChI=1S/C13H14F2N2O2/c1-13(2,3)19-12(18)17-9-6-16-8-5-4-7(14)11(15)10(8)9/h4-6,16H,1-3H3,(H,17,18). The fourth-order valence-corrected chi connectivity index (χ4v) is 1.67. The number of carbonyl (C=O) groups is 1. The first-order valence-electron chi connectivity index (χ1n) is 5.73. The number of ether oxygens (including phenoxy) is 1. The van der Waals surface area contributed by atoms with Crippen molar-refractivity contribution >= 4 is 22.7 Å². The number of aromatic amines is 1. The molecule has 1 heterocycles. The number of halogens is 2. The summed E-state index contributed by atoms with van der Waals surface area (Å²) in [6.07, 6.45) is 0.661. The molecule has 2 rings (SSSR count). The van der Waals surface area contributed by atoms with Crippen molar-refractivity contribution in [1.29, 1.82) is 0 Å². The van der Waals surface area contributed by atoms with Crippen molar-refractivity contribution in [3.8, 4) is 0 Å². The maximum Gasteiger partial charge on any atom is 0.412 e. The lowest BCUT2D eigenvalue weighted by Gasteiger charge is -2.19. The third-order valence-corrected chi connectivity index (χ3v) is 2.37. The fourth-order valence-electron chi connectivity index (χ4n) is 1.67. The average molecular weight is 268 g/mol. The minimum atomic E-state index is -1.01. The Kier molecular flexibility index (Phi) is 3.18. The van der Waals surface area contributed by atoms with Gasteiger partial charge in [-0.15, -0.1) is 0 Å². The number of hydrogen-bond donors (Lipinski definition) is 2. The first kappa shape index (κ1) is 13.3. The second kappa shape index (κ2) is 4.53. The quantitative estimate of drug-likeness (QED) is 0.826. The average Bonchev–Trinajstić information content (AvgIpc) is 2.65. The number of nitrogens with one attached hydrogen (secondary N) is 2.